The molecular weight excluding hydrogens is 164 g/mol. The lowest BCUT2D eigenvalue weighted by Gasteiger charge is -1.99. The van der Waals surface area contributed by atoms with Crippen molar-refractivity contribution in [1.29, 1.82) is 0 Å². The van der Waals surface area contributed by atoms with Crippen molar-refractivity contribution in [3.63, 3.8) is 0 Å². The smallest absolute Gasteiger partial charge is 0.242 e. The summed E-state index contributed by atoms with van der Waals surface area (Å²) in [5.41, 5.74) is 1.44. The van der Waals surface area contributed by atoms with Crippen LogP contribution in [0.1, 0.15) is 35.7 Å². The van der Waals surface area contributed by atoms with Crippen LogP contribution in [0.2, 0.25) is 0 Å². The minimum atomic E-state index is -1.11. The first-order valence-corrected chi connectivity index (χ1v) is 4.54. The van der Waals surface area contributed by atoms with E-state index in [0.717, 1.165) is 19.3 Å². The van der Waals surface area contributed by atoms with Gasteiger partial charge in [-0.05, 0) is 30.5 Å². The Balaban J connectivity index is 2.64. The molecule has 0 aromatic heterocycles. The molecule has 1 radical (unpaired) electrons. The zero-order chi connectivity index (χ0) is 9.68. The zero-order valence-corrected chi connectivity index (χ0v) is 7.75. The van der Waals surface area contributed by atoms with Gasteiger partial charge in [-0.25, -0.2) is 9.90 Å². The molecule has 1 rings (SSSR count). The van der Waals surface area contributed by atoms with Crippen LogP contribution in [0, 0.1) is 0 Å². The Bertz CT molecular complexity index is 275. The summed E-state index contributed by atoms with van der Waals surface area (Å²) in [6.07, 6.45) is 3.32. The van der Waals surface area contributed by atoms with Crippen LogP contribution in [-0.2, 0) is 11.5 Å². The Morgan fingerprint density at radius 1 is 1.23 bits per heavy atom. The lowest BCUT2D eigenvalue weighted by Crippen LogP contribution is -1.94. The minimum Gasteiger partial charge on any atom is -0.242 e. The van der Waals surface area contributed by atoms with Crippen molar-refractivity contribution >= 4 is 5.97 Å². The first-order valence-electron chi connectivity index (χ1n) is 4.54. The maximum Gasteiger partial charge on any atom is 0.386 e. The largest absolute Gasteiger partial charge is 0.386 e. The van der Waals surface area contributed by atoms with E-state index < -0.39 is 5.97 Å². The Kier molecular flexibility index (Phi) is 3.50. The van der Waals surface area contributed by atoms with E-state index in [1.54, 1.807) is 12.1 Å². The summed E-state index contributed by atoms with van der Waals surface area (Å²) in [6.45, 7) is 2.13. The standard InChI is InChI=1S/C11H13O2/c1-2-3-4-9-5-7-10(8-6-9)11(12)13/h5-8H,2-4H2,1H3. The number of carbonyl (C=O) groups is 1. The van der Waals surface area contributed by atoms with Crippen LogP contribution < -0.4 is 0 Å². The molecular formula is C11H13O2. The fourth-order valence-electron chi connectivity index (χ4n) is 1.19. The second kappa shape index (κ2) is 4.65. The van der Waals surface area contributed by atoms with Crippen molar-refractivity contribution in [2.24, 2.45) is 0 Å². The molecule has 0 N–H and O–H groups in total. The Morgan fingerprint density at radius 3 is 2.31 bits per heavy atom. The van der Waals surface area contributed by atoms with Crippen LogP contribution in [0.5, 0.6) is 0 Å². The van der Waals surface area contributed by atoms with Crippen LogP contribution in [-0.4, -0.2) is 5.97 Å². The molecule has 0 fully saturated rings. The highest BCUT2D eigenvalue weighted by Crippen LogP contribution is 2.07. The van der Waals surface area contributed by atoms with Crippen LogP contribution in [0.15, 0.2) is 24.3 Å². The number of carbonyl (C=O) groups excluding carboxylic acids is 1. The molecule has 0 saturated heterocycles. The molecule has 0 aliphatic heterocycles. The molecule has 1 aromatic rings. The van der Waals surface area contributed by atoms with Gasteiger partial charge in [0.05, 0.1) is 5.56 Å². The fourth-order valence-corrected chi connectivity index (χ4v) is 1.19. The highest BCUT2D eigenvalue weighted by atomic mass is 16.4. The summed E-state index contributed by atoms with van der Waals surface area (Å²) in [5.74, 6) is -1.11. The van der Waals surface area contributed by atoms with Gasteiger partial charge in [-0.1, -0.05) is 25.5 Å². The number of hydrogen-bond acceptors (Lipinski definition) is 1. The molecule has 0 spiro atoms. The average molecular weight is 177 g/mol. The van der Waals surface area contributed by atoms with Gasteiger partial charge >= 0.3 is 5.97 Å². The second-order valence-corrected chi connectivity index (χ2v) is 3.09. The highest BCUT2D eigenvalue weighted by molar-refractivity contribution is 5.87. The van der Waals surface area contributed by atoms with E-state index in [9.17, 15) is 9.90 Å². The third-order valence-corrected chi connectivity index (χ3v) is 2.01. The first-order chi connectivity index (χ1) is 6.24. The third-order valence-electron chi connectivity index (χ3n) is 2.01. The Labute approximate surface area is 78.2 Å². The summed E-state index contributed by atoms with van der Waals surface area (Å²) in [5, 5.41) is 10.4. The number of unbranched alkanes of at least 4 members (excludes halogenated alkanes) is 1. The van der Waals surface area contributed by atoms with Crippen LogP contribution >= 0.6 is 0 Å². The third kappa shape index (κ3) is 2.90. The second-order valence-electron chi connectivity index (χ2n) is 3.09. The molecule has 0 amide bonds. The number of aryl methyl sites for hydroxylation is 1. The number of benzene rings is 1. The van der Waals surface area contributed by atoms with Crippen molar-refractivity contribution in [2.45, 2.75) is 26.2 Å². The average Bonchev–Trinajstić information content (AvgIpc) is 2.15. The Morgan fingerprint density at radius 2 is 1.85 bits per heavy atom. The van der Waals surface area contributed by atoms with E-state index in [2.05, 4.69) is 6.92 Å². The molecule has 0 aliphatic carbocycles. The summed E-state index contributed by atoms with van der Waals surface area (Å²) in [6, 6.07) is 6.89. The van der Waals surface area contributed by atoms with E-state index in [0.29, 0.717) is 0 Å². The molecule has 0 bridgehead atoms. The molecule has 1 aromatic carbocycles. The minimum absolute atomic E-state index is 0.250. The van der Waals surface area contributed by atoms with E-state index in [1.165, 1.54) is 5.56 Å². The number of hydrogen-bond donors (Lipinski definition) is 0. The molecule has 2 nitrogen and oxygen atoms in total. The predicted molar refractivity (Wildman–Crippen MR) is 50.1 cm³/mol. The fraction of sp³-hybridized carbons (Fsp3) is 0.364. The van der Waals surface area contributed by atoms with Crippen LogP contribution in [0.4, 0.5) is 0 Å². The molecule has 0 aliphatic rings. The van der Waals surface area contributed by atoms with Gasteiger partial charge in [0, 0.05) is 0 Å². The van der Waals surface area contributed by atoms with Gasteiger partial charge in [0.2, 0.25) is 0 Å². The van der Waals surface area contributed by atoms with Gasteiger partial charge in [0.1, 0.15) is 0 Å². The van der Waals surface area contributed by atoms with Crippen molar-refractivity contribution < 1.29 is 9.90 Å². The Hall–Kier alpha value is -1.31. The van der Waals surface area contributed by atoms with E-state index in [4.69, 9.17) is 0 Å². The summed E-state index contributed by atoms with van der Waals surface area (Å²) in [4.78, 5) is 10.4. The molecule has 0 unspecified atom stereocenters. The van der Waals surface area contributed by atoms with E-state index in [1.807, 2.05) is 12.1 Å². The lowest BCUT2D eigenvalue weighted by atomic mass is 10.1. The van der Waals surface area contributed by atoms with Gasteiger partial charge in [0.15, 0.2) is 0 Å². The predicted octanol–water partition coefficient (Wildman–Crippen LogP) is 2.60. The van der Waals surface area contributed by atoms with Crippen molar-refractivity contribution in [3.05, 3.63) is 35.4 Å². The topological polar surface area (TPSA) is 37.0 Å². The van der Waals surface area contributed by atoms with Crippen molar-refractivity contribution in [2.75, 3.05) is 0 Å². The lowest BCUT2D eigenvalue weighted by molar-refractivity contribution is 0.0573. The maximum absolute atomic E-state index is 10.4. The van der Waals surface area contributed by atoms with Gasteiger partial charge in [-0.2, -0.15) is 0 Å². The normalized spacial score (nSPS) is 9.92. The summed E-state index contributed by atoms with van der Waals surface area (Å²) in [7, 11) is 0. The maximum atomic E-state index is 10.4. The quantitative estimate of drug-likeness (QED) is 0.696. The van der Waals surface area contributed by atoms with E-state index >= 15 is 0 Å². The first kappa shape index (κ1) is 9.78. The zero-order valence-electron chi connectivity index (χ0n) is 7.75. The summed E-state index contributed by atoms with van der Waals surface area (Å²) >= 11 is 0. The van der Waals surface area contributed by atoms with E-state index in [-0.39, 0.29) is 5.56 Å². The highest BCUT2D eigenvalue weighted by Gasteiger charge is 2.03. The van der Waals surface area contributed by atoms with Crippen LogP contribution in [0.25, 0.3) is 0 Å². The van der Waals surface area contributed by atoms with Crippen LogP contribution in [0.3, 0.4) is 0 Å². The number of rotatable bonds is 4. The molecule has 69 valence electrons. The molecule has 2 heteroatoms. The van der Waals surface area contributed by atoms with Crippen molar-refractivity contribution in [3.8, 4) is 0 Å². The molecule has 0 atom stereocenters. The molecule has 0 heterocycles. The molecule has 13 heavy (non-hydrogen) atoms. The van der Waals surface area contributed by atoms with Gasteiger partial charge in [-0.15, -0.1) is 0 Å². The van der Waals surface area contributed by atoms with Gasteiger partial charge in [0.25, 0.3) is 0 Å². The van der Waals surface area contributed by atoms with Gasteiger partial charge < -0.3 is 0 Å². The van der Waals surface area contributed by atoms with Crippen molar-refractivity contribution in [1.82, 2.24) is 0 Å². The summed E-state index contributed by atoms with van der Waals surface area (Å²) < 4.78 is 0. The van der Waals surface area contributed by atoms with Gasteiger partial charge in [-0.3, -0.25) is 0 Å². The SMILES string of the molecule is CCCCc1ccc(C([O])=O)cc1. The molecule has 0 saturated carbocycles. The monoisotopic (exact) mass is 177 g/mol.